The fourth-order valence-electron chi connectivity index (χ4n) is 0.978. The van der Waals surface area contributed by atoms with Gasteiger partial charge in [0.1, 0.15) is 12.7 Å². The van der Waals surface area contributed by atoms with Crippen LogP contribution in [0, 0.1) is 17.0 Å². The number of carboxylic acid groups (broad SMARTS) is 2. The molecular weight excluding hydrogens is 222 g/mol. The number of hydrogen-bond acceptors (Lipinski definition) is 7. The maximum absolute atomic E-state index is 10.4. The average Bonchev–Trinajstić information content (AvgIpc) is 2.48. The van der Waals surface area contributed by atoms with Crippen molar-refractivity contribution in [3.63, 3.8) is 0 Å². The highest BCUT2D eigenvalue weighted by molar-refractivity contribution is 5.47. The van der Waals surface area contributed by atoms with Crippen LogP contribution in [0.3, 0.4) is 0 Å². The van der Waals surface area contributed by atoms with Gasteiger partial charge < -0.3 is 30.2 Å². The largest absolute Gasteiger partial charge is 0.652 e. The molecule has 0 aliphatic carbocycles. The van der Waals surface area contributed by atoms with Crippen LogP contribution in [-0.2, 0) is 6.54 Å². The van der Waals surface area contributed by atoms with Crippen LogP contribution in [0.5, 0.6) is 0 Å². The number of aliphatic hydroxyl groups excluding tert-OH is 1. The number of aliphatic hydroxyl groups is 1. The predicted molar refractivity (Wildman–Crippen MR) is 46.1 cm³/mol. The monoisotopic (exact) mass is 231 g/mol. The van der Waals surface area contributed by atoms with Crippen molar-refractivity contribution >= 4 is 12.0 Å². The fourth-order valence-corrected chi connectivity index (χ4v) is 0.978. The van der Waals surface area contributed by atoms with Gasteiger partial charge in [-0.15, -0.1) is 0 Å². The lowest BCUT2D eigenvalue weighted by molar-refractivity contribution is -0.415. The molecule has 0 saturated carbocycles. The van der Waals surface area contributed by atoms with E-state index in [-0.39, 0.29) is 19.0 Å². The van der Waals surface area contributed by atoms with Crippen molar-refractivity contribution in [1.29, 1.82) is 0 Å². The van der Waals surface area contributed by atoms with E-state index < -0.39 is 11.1 Å². The summed E-state index contributed by atoms with van der Waals surface area (Å²) in [5.41, 5.74) is 0. The fraction of sp³-hybridized carbons (Fsp3) is 0.429. The lowest BCUT2D eigenvalue weighted by Crippen LogP contribution is -2.37. The maximum Gasteiger partial charge on any atom is 0.342 e. The standard InChI is InChI=1S/C6H9N3O3.CH2O3/c1-5-7-4-6(9(11)12)8(5)2-3-10;2-1(3)4/h4,10H,2-3H2,1H3;(H2,2,3,4)/p-2. The highest BCUT2D eigenvalue weighted by Gasteiger charge is 2.15. The number of imidazole rings is 1. The number of nitro groups is 1. The number of aromatic nitrogens is 2. The third kappa shape index (κ3) is 4.37. The van der Waals surface area contributed by atoms with Gasteiger partial charge in [-0.1, -0.05) is 0 Å². The van der Waals surface area contributed by atoms with Crippen LogP contribution in [0.1, 0.15) is 5.82 Å². The minimum absolute atomic E-state index is 0.0819. The molecule has 0 saturated heterocycles. The highest BCUT2D eigenvalue weighted by Crippen LogP contribution is 2.12. The van der Waals surface area contributed by atoms with Crippen LogP contribution >= 0.6 is 0 Å². The van der Waals surface area contributed by atoms with Gasteiger partial charge >= 0.3 is 5.82 Å². The Morgan fingerprint density at radius 1 is 1.62 bits per heavy atom. The number of carbonyl (C=O) groups excluding carboxylic acids is 1. The molecule has 1 N–H and O–H groups in total. The molecular formula is C7H9N3O6-2. The summed E-state index contributed by atoms with van der Waals surface area (Å²) in [7, 11) is 0. The van der Waals surface area contributed by atoms with Crippen LogP contribution in [0.25, 0.3) is 0 Å². The van der Waals surface area contributed by atoms with Crippen LogP contribution < -0.4 is 10.2 Å². The molecule has 0 aliphatic rings. The quantitative estimate of drug-likeness (QED) is 0.452. The van der Waals surface area contributed by atoms with Gasteiger partial charge in [0.2, 0.25) is 0 Å². The number of nitrogens with zero attached hydrogens (tertiary/aromatic N) is 3. The smallest absolute Gasteiger partial charge is 0.342 e. The molecule has 9 nitrogen and oxygen atoms in total. The molecule has 9 heteroatoms. The van der Waals surface area contributed by atoms with E-state index in [1.165, 1.54) is 10.8 Å². The molecule has 1 aromatic rings. The Morgan fingerprint density at radius 3 is 2.50 bits per heavy atom. The van der Waals surface area contributed by atoms with Crippen molar-refractivity contribution in [2.24, 2.45) is 0 Å². The van der Waals surface area contributed by atoms with Gasteiger partial charge in [0.05, 0.1) is 6.61 Å². The summed E-state index contributed by atoms with van der Waals surface area (Å²) < 4.78 is 1.36. The van der Waals surface area contributed by atoms with Gasteiger partial charge in [-0.3, -0.25) is 0 Å². The Labute approximate surface area is 89.7 Å². The third-order valence-electron chi connectivity index (χ3n) is 1.54. The topological polar surface area (TPSA) is 144 Å². The molecule has 0 fully saturated rings. The van der Waals surface area contributed by atoms with Crippen molar-refractivity contribution in [2.45, 2.75) is 13.5 Å². The Morgan fingerprint density at radius 2 is 2.12 bits per heavy atom. The Balaban J connectivity index is 0.000000487. The maximum atomic E-state index is 10.4. The Hall–Kier alpha value is -2.16. The summed E-state index contributed by atoms with van der Waals surface area (Å²) >= 11 is 0. The summed E-state index contributed by atoms with van der Waals surface area (Å²) in [5, 5.41) is 35.6. The van der Waals surface area contributed by atoms with Gasteiger partial charge in [0, 0.05) is 6.92 Å². The molecule has 0 bridgehead atoms. The zero-order valence-corrected chi connectivity index (χ0v) is 8.32. The minimum Gasteiger partial charge on any atom is -0.652 e. The molecule has 0 amide bonds. The van der Waals surface area contributed by atoms with E-state index >= 15 is 0 Å². The van der Waals surface area contributed by atoms with Gasteiger partial charge in [0.25, 0.3) is 0 Å². The van der Waals surface area contributed by atoms with Crippen molar-refractivity contribution in [1.82, 2.24) is 9.55 Å². The first kappa shape index (κ1) is 13.8. The third-order valence-corrected chi connectivity index (χ3v) is 1.54. The molecule has 0 spiro atoms. The first-order chi connectivity index (χ1) is 7.40. The minimum atomic E-state index is -2.33. The molecule has 16 heavy (non-hydrogen) atoms. The summed E-state index contributed by atoms with van der Waals surface area (Å²) in [4.78, 5) is 22.0. The lowest BCUT2D eigenvalue weighted by atomic mass is 10.6. The first-order valence-electron chi connectivity index (χ1n) is 4.05. The highest BCUT2D eigenvalue weighted by atomic mass is 16.6. The number of carbonyl (C=O) groups is 1. The molecule has 0 atom stereocenters. The number of aryl methyl sites for hydroxylation is 1. The molecule has 0 aliphatic heterocycles. The summed E-state index contributed by atoms with van der Waals surface area (Å²) in [6.07, 6.45) is -1.15. The molecule has 90 valence electrons. The lowest BCUT2D eigenvalue weighted by Gasteiger charge is -1.98. The van der Waals surface area contributed by atoms with Crippen molar-refractivity contribution < 1.29 is 25.0 Å². The van der Waals surface area contributed by atoms with E-state index in [4.69, 9.17) is 20.1 Å². The summed E-state index contributed by atoms with van der Waals surface area (Å²) in [6.45, 7) is 1.74. The van der Waals surface area contributed by atoms with E-state index in [0.29, 0.717) is 5.82 Å². The SMILES string of the molecule is Cc1ncc([N+](=O)[O-])n1CCO.O=C([O-])[O-]. The number of hydrogen-bond donors (Lipinski definition) is 1. The van der Waals surface area contributed by atoms with E-state index in [1.807, 2.05) is 0 Å². The zero-order valence-electron chi connectivity index (χ0n) is 8.32. The van der Waals surface area contributed by atoms with Crippen LogP contribution in [0.15, 0.2) is 6.20 Å². The zero-order chi connectivity index (χ0) is 12.7. The van der Waals surface area contributed by atoms with Crippen LogP contribution in [0.2, 0.25) is 0 Å². The normalized spacial score (nSPS) is 9.12. The first-order valence-corrected chi connectivity index (χ1v) is 4.05. The van der Waals surface area contributed by atoms with Crippen molar-refractivity contribution in [3.05, 3.63) is 22.1 Å². The molecule has 0 aromatic carbocycles. The number of rotatable bonds is 3. The van der Waals surface area contributed by atoms with Crippen molar-refractivity contribution in [2.75, 3.05) is 6.61 Å². The second-order valence-corrected chi connectivity index (χ2v) is 2.55. The second kappa shape index (κ2) is 6.35. The summed E-state index contributed by atoms with van der Waals surface area (Å²) in [5.74, 6) is 0.456. The van der Waals surface area contributed by atoms with E-state index in [1.54, 1.807) is 6.92 Å². The predicted octanol–water partition coefficient (Wildman–Crippen LogP) is -2.35. The van der Waals surface area contributed by atoms with Gasteiger partial charge in [-0.2, -0.15) is 0 Å². The molecule has 1 heterocycles. The molecule has 1 aromatic heterocycles. The summed E-state index contributed by atoms with van der Waals surface area (Å²) in [6, 6.07) is 0. The van der Waals surface area contributed by atoms with Gasteiger partial charge in [-0.05, 0) is 11.1 Å². The van der Waals surface area contributed by atoms with Crippen LogP contribution in [-0.4, -0.2) is 32.3 Å². The Kier molecular flexibility index (Phi) is 5.49. The average molecular weight is 231 g/mol. The second-order valence-electron chi connectivity index (χ2n) is 2.55. The van der Waals surface area contributed by atoms with Gasteiger partial charge in [0.15, 0.2) is 5.82 Å². The molecule has 1 rings (SSSR count). The van der Waals surface area contributed by atoms with Crippen molar-refractivity contribution in [3.8, 4) is 0 Å². The van der Waals surface area contributed by atoms with Gasteiger partial charge in [-0.25, -0.2) is 9.55 Å². The van der Waals surface area contributed by atoms with E-state index in [9.17, 15) is 10.1 Å². The Bertz CT molecular complexity index is 370. The molecule has 0 unspecified atom stereocenters. The molecule has 0 radical (unpaired) electrons. The van der Waals surface area contributed by atoms with Crippen LogP contribution in [0.4, 0.5) is 10.6 Å². The van der Waals surface area contributed by atoms with E-state index in [0.717, 1.165) is 0 Å². The van der Waals surface area contributed by atoms with E-state index in [2.05, 4.69) is 4.98 Å².